The van der Waals surface area contributed by atoms with Crippen LogP contribution >= 0.6 is 0 Å². The Morgan fingerprint density at radius 3 is 2.40 bits per heavy atom. The van der Waals surface area contributed by atoms with E-state index in [4.69, 9.17) is 5.26 Å². The zero-order valence-electron chi connectivity index (χ0n) is 18.8. The van der Waals surface area contributed by atoms with E-state index in [1.807, 2.05) is 6.92 Å². The summed E-state index contributed by atoms with van der Waals surface area (Å²) < 4.78 is 70.6. The summed E-state index contributed by atoms with van der Waals surface area (Å²) in [5.74, 6) is -1.58. The van der Waals surface area contributed by atoms with Crippen molar-refractivity contribution in [1.29, 1.82) is 5.26 Å². The molecular formula is C23H21FN4O5S2. The quantitative estimate of drug-likeness (QED) is 0.513. The highest BCUT2D eigenvalue weighted by atomic mass is 32.2. The van der Waals surface area contributed by atoms with Crippen molar-refractivity contribution in [3.05, 3.63) is 76.9 Å². The molecule has 0 atom stereocenters. The average Bonchev–Trinajstić information content (AvgIpc) is 3.34. The second-order valence-corrected chi connectivity index (χ2v) is 11.5. The van der Waals surface area contributed by atoms with Crippen LogP contribution in [0.15, 0.2) is 58.5 Å². The van der Waals surface area contributed by atoms with E-state index in [2.05, 4.69) is 4.72 Å². The molecular weight excluding hydrogens is 495 g/mol. The van der Waals surface area contributed by atoms with Gasteiger partial charge in [-0.25, -0.2) is 25.2 Å². The standard InChI is InChI=1S/C23H21FN4O5S2/c1-3-10-27-13-18-21(34(30,31)26-20-9-6-16(12-25)11-19(20)24)14-28(22(18)23(27)29)35(32,33)17-7-4-15(2)5-8-17/h4-9,11,14,26H,3,10,13H2,1-2H3. The largest absolute Gasteiger partial charge is 0.333 e. The Hall–Kier alpha value is -3.69. The number of carbonyl (C=O) groups is 1. The predicted octanol–water partition coefficient (Wildman–Crippen LogP) is 3.21. The van der Waals surface area contributed by atoms with Gasteiger partial charge in [-0.05, 0) is 43.7 Å². The summed E-state index contributed by atoms with van der Waals surface area (Å²) in [7, 11) is -8.82. The van der Waals surface area contributed by atoms with Crippen molar-refractivity contribution < 1.29 is 26.0 Å². The molecule has 0 bridgehead atoms. The highest BCUT2D eigenvalue weighted by Crippen LogP contribution is 2.34. The van der Waals surface area contributed by atoms with E-state index < -0.39 is 42.4 Å². The lowest BCUT2D eigenvalue weighted by Crippen LogP contribution is -2.28. The fourth-order valence-electron chi connectivity index (χ4n) is 3.85. The molecule has 0 aliphatic carbocycles. The predicted molar refractivity (Wildman–Crippen MR) is 125 cm³/mol. The minimum atomic E-state index is -4.51. The number of fused-ring (bicyclic) bond motifs is 1. The summed E-state index contributed by atoms with van der Waals surface area (Å²) in [6.07, 6.45) is 1.46. The number of nitriles is 1. The molecule has 3 aromatic rings. The highest BCUT2D eigenvalue weighted by molar-refractivity contribution is 7.93. The number of hydrogen-bond donors (Lipinski definition) is 1. The molecule has 9 nitrogen and oxygen atoms in total. The lowest BCUT2D eigenvalue weighted by atomic mass is 10.2. The van der Waals surface area contributed by atoms with Crippen molar-refractivity contribution in [2.75, 3.05) is 11.3 Å². The molecule has 1 N–H and O–H groups in total. The second kappa shape index (κ2) is 8.83. The molecule has 182 valence electrons. The average molecular weight is 517 g/mol. The van der Waals surface area contributed by atoms with Crippen molar-refractivity contribution in [3.8, 4) is 6.07 Å². The Morgan fingerprint density at radius 1 is 1.11 bits per heavy atom. The summed E-state index contributed by atoms with van der Waals surface area (Å²) in [5.41, 5.74) is 0.160. The first-order valence-corrected chi connectivity index (χ1v) is 13.5. The van der Waals surface area contributed by atoms with Crippen molar-refractivity contribution in [3.63, 3.8) is 0 Å². The molecule has 35 heavy (non-hydrogen) atoms. The molecule has 0 radical (unpaired) electrons. The summed E-state index contributed by atoms with van der Waals surface area (Å²) in [6.45, 7) is 3.81. The molecule has 1 aliphatic heterocycles. The first-order valence-electron chi connectivity index (χ1n) is 10.6. The van der Waals surface area contributed by atoms with Crippen LogP contribution in [0.5, 0.6) is 0 Å². The molecule has 0 saturated carbocycles. The van der Waals surface area contributed by atoms with Gasteiger partial charge in [0.25, 0.3) is 26.0 Å². The number of halogens is 1. The topological polar surface area (TPSA) is 129 Å². The number of aryl methyl sites for hydroxylation is 1. The maximum Gasteiger partial charge on any atom is 0.272 e. The van der Waals surface area contributed by atoms with E-state index in [0.717, 1.165) is 23.9 Å². The minimum Gasteiger partial charge on any atom is -0.333 e. The van der Waals surface area contributed by atoms with Crippen LogP contribution in [0.4, 0.5) is 10.1 Å². The van der Waals surface area contributed by atoms with Crippen LogP contribution < -0.4 is 4.72 Å². The summed E-state index contributed by atoms with van der Waals surface area (Å²) in [4.78, 5) is 13.9. The summed E-state index contributed by atoms with van der Waals surface area (Å²) in [6, 6.07) is 10.9. The van der Waals surface area contributed by atoms with Crippen LogP contribution in [0.2, 0.25) is 0 Å². The highest BCUT2D eigenvalue weighted by Gasteiger charge is 2.40. The Bertz CT molecular complexity index is 1590. The molecule has 1 aromatic heterocycles. The van der Waals surface area contributed by atoms with E-state index >= 15 is 0 Å². The number of benzene rings is 2. The Labute approximate surface area is 202 Å². The van der Waals surface area contributed by atoms with Gasteiger partial charge in [0.1, 0.15) is 16.4 Å². The van der Waals surface area contributed by atoms with E-state index in [-0.39, 0.29) is 28.3 Å². The molecule has 1 aliphatic rings. The van der Waals surface area contributed by atoms with Gasteiger partial charge in [-0.3, -0.25) is 9.52 Å². The number of sulfonamides is 1. The number of anilines is 1. The molecule has 12 heteroatoms. The Morgan fingerprint density at radius 2 is 1.80 bits per heavy atom. The van der Waals surface area contributed by atoms with Crippen LogP contribution in [0.1, 0.15) is 40.5 Å². The lowest BCUT2D eigenvalue weighted by Gasteiger charge is -2.16. The second-order valence-electron chi connectivity index (χ2n) is 8.07. The SMILES string of the molecule is CCCN1Cc2c(S(=O)(=O)Nc3ccc(C#N)cc3F)cn(S(=O)(=O)c3ccc(C)cc3)c2C1=O. The van der Waals surface area contributed by atoms with E-state index in [1.54, 1.807) is 25.1 Å². The van der Waals surface area contributed by atoms with Gasteiger partial charge in [-0.15, -0.1) is 0 Å². The minimum absolute atomic E-state index is 0.00230. The molecule has 0 saturated heterocycles. The van der Waals surface area contributed by atoms with Gasteiger partial charge >= 0.3 is 0 Å². The summed E-state index contributed by atoms with van der Waals surface area (Å²) in [5, 5.41) is 8.90. The van der Waals surface area contributed by atoms with Crippen molar-refractivity contribution in [1.82, 2.24) is 8.87 Å². The van der Waals surface area contributed by atoms with E-state index in [0.29, 0.717) is 16.9 Å². The van der Waals surface area contributed by atoms with Crippen LogP contribution in [0.25, 0.3) is 0 Å². The molecule has 4 rings (SSSR count). The number of nitrogens with zero attached hydrogens (tertiary/aromatic N) is 3. The Balaban J connectivity index is 1.86. The third-order valence-corrected chi connectivity index (χ3v) is 8.67. The monoisotopic (exact) mass is 516 g/mol. The van der Waals surface area contributed by atoms with Crippen molar-refractivity contribution >= 4 is 31.6 Å². The third-order valence-electron chi connectivity index (χ3n) is 5.58. The van der Waals surface area contributed by atoms with Gasteiger partial charge in [0.2, 0.25) is 0 Å². The maximum atomic E-state index is 14.4. The number of nitrogens with one attached hydrogen (secondary N) is 1. The van der Waals surface area contributed by atoms with E-state index in [1.165, 1.54) is 23.1 Å². The molecule has 2 aromatic carbocycles. The Kier molecular flexibility index (Phi) is 6.16. The number of aromatic nitrogens is 1. The zero-order valence-corrected chi connectivity index (χ0v) is 20.5. The van der Waals surface area contributed by atoms with Gasteiger partial charge in [0.05, 0.1) is 22.2 Å². The van der Waals surface area contributed by atoms with Gasteiger partial charge in [0.15, 0.2) is 0 Å². The van der Waals surface area contributed by atoms with Gasteiger partial charge in [0, 0.05) is 24.8 Å². The third kappa shape index (κ3) is 4.28. The molecule has 0 unspecified atom stereocenters. The smallest absolute Gasteiger partial charge is 0.272 e. The van der Waals surface area contributed by atoms with Gasteiger partial charge in [-0.1, -0.05) is 24.6 Å². The fourth-order valence-corrected chi connectivity index (χ4v) is 6.59. The van der Waals surface area contributed by atoms with Crippen LogP contribution in [0, 0.1) is 24.1 Å². The first kappa shape index (κ1) is 24.4. The van der Waals surface area contributed by atoms with Gasteiger partial charge in [-0.2, -0.15) is 5.26 Å². The van der Waals surface area contributed by atoms with Crippen LogP contribution in [-0.4, -0.2) is 38.2 Å². The first-order chi connectivity index (χ1) is 16.5. The van der Waals surface area contributed by atoms with Gasteiger partial charge < -0.3 is 4.90 Å². The van der Waals surface area contributed by atoms with Crippen molar-refractivity contribution in [2.45, 2.75) is 36.6 Å². The number of amides is 1. The molecule has 2 heterocycles. The van der Waals surface area contributed by atoms with Crippen molar-refractivity contribution in [2.24, 2.45) is 0 Å². The van der Waals surface area contributed by atoms with Crippen LogP contribution in [-0.2, 0) is 26.6 Å². The molecule has 0 fully saturated rings. The maximum absolute atomic E-state index is 14.4. The lowest BCUT2D eigenvalue weighted by molar-refractivity contribution is 0.0771. The zero-order chi connectivity index (χ0) is 25.5. The normalized spacial score (nSPS) is 13.5. The fraction of sp³-hybridized carbons (Fsp3) is 0.217. The number of hydrogen-bond acceptors (Lipinski definition) is 6. The van der Waals surface area contributed by atoms with Crippen LogP contribution in [0.3, 0.4) is 0 Å². The summed E-state index contributed by atoms with van der Waals surface area (Å²) >= 11 is 0. The molecule has 1 amide bonds. The number of carbonyl (C=O) groups excluding carboxylic acids is 1. The molecule has 0 spiro atoms. The number of rotatable bonds is 7. The van der Waals surface area contributed by atoms with E-state index in [9.17, 15) is 26.0 Å².